The highest BCUT2D eigenvalue weighted by molar-refractivity contribution is 5.74. The largest absolute Gasteiger partial charge is 0.381 e. The van der Waals surface area contributed by atoms with Gasteiger partial charge in [-0.3, -0.25) is 0 Å². The number of amides is 2. The van der Waals surface area contributed by atoms with Gasteiger partial charge in [0.1, 0.15) is 5.82 Å². The van der Waals surface area contributed by atoms with Crippen molar-refractivity contribution in [3.8, 4) is 0 Å². The molecular formula is C17H26N4O2. The quantitative estimate of drug-likeness (QED) is 0.928. The fraction of sp³-hybridized carbons (Fsp3) is 0.706. The summed E-state index contributed by atoms with van der Waals surface area (Å²) in [6.45, 7) is 5.84. The topological polar surface area (TPSA) is 67.4 Å². The third-order valence-corrected chi connectivity index (χ3v) is 4.81. The van der Waals surface area contributed by atoms with Gasteiger partial charge < -0.3 is 15.0 Å². The summed E-state index contributed by atoms with van der Waals surface area (Å²) in [4.78, 5) is 23.1. The summed E-state index contributed by atoms with van der Waals surface area (Å²) in [5.74, 6) is 1.81. The first kappa shape index (κ1) is 16.2. The van der Waals surface area contributed by atoms with Gasteiger partial charge in [0.15, 0.2) is 0 Å². The standard InChI is InChI=1S/C17H26N4O2/c1-2-18-17(22)21-9-4-14(5-10-21)16-19-8-3-15(20-16)13-6-11-23-12-7-13/h3,8,13-14H,2,4-7,9-12H2,1H3,(H,18,22). The molecule has 0 saturated carbocycles. The van der Waals surface area contributed by atoms with E-state index in [0.717, 1.165) is 63.5 Å². The molecule has 0 bridgehead atoms. The lowest BCUT2D eigenvalue weighted by molar-refractivity contribution is 0.0844. The Balaban J connectivity index is 1.61. The first-order valence-electron chi connectivity index (χ1n) is 8.71. The van der Waals surface area contributed by atoms with Gasteiger partial charge in [-0.25, -0.2) is 14.8 Å². The van der Waals surface area contributed by atoms with E-state index in [2.05, 4.69) is 10.3 Å². The van der Waals surface area contributed by atoms with Gasteiger partial charge in [0, 0.05) is 56.6 Å². The average Bonchev–Trinajstić information content (AvgIpc) is 2.63. The Hall–Kier alpha value is -1.69. The number of nitrogens with zero attached hydrogens (tertiary/aromatic N) is 3. The van der Waals surface area contributed by atoms with Crippen molar-refractivity contribution in [3.05, 3.63) is 23.8 Å². The molecule has 1 aromatic rings. The van der Waals surface area contributed by atoms with Crippen LogP contribution >= 0.6 is 0 Å². The highest BCUT2D eigenvalue weighted by Crippen LogP contribution is 2.29. The SMILES string of the molecule is CCNC(=O)N1CCC(c2nccc(C3CCOCC3)n2)CC1. The Kier molecular flexibility index (Phi) is 5.43. The van der Waals surface area contributed by atoms with Crippen LogP contribution in [0.1, 0.15) is 56.0 Å². The maximum absolute atomic E-state index is 11.9. The van der Waals surface area contributed by atoms with Crippen molar-refractivity contribution in [1.29, 1.82) is 0 Å². The maximum atomic E-state index is 11.9. The molecule has 0 aliphatic carbocycles. The van der Waals surface area contributed by atoms with E-state index in [0.29, 0.717) is 18.4 Å². The van der Waals surface area contributed by atoms with Gasteiger partial charge in [0.2, 0.25) is 0 Å². The van der Waals surface area contributed by atoms with Crippen LogP contribution in [0.15, 0.2) is 12.3 Å². The molecule has 3 heterocycles. The van der Waals surface area contributed by atoms with Crippen LogP contribution in [0, 0.1) is 0 Å². The number of ether oxygens (including phenoxy) is 1. The van der Waals surface area contributed by atoms with Crippen LogP contribution in [0.2, 0.25) is 0 Å². The van der Waals surface area contributed by atoms with Crippen molar-refractivity contribution in [1.82, 2.24) is 20.2 Å². The number of carbonyl (C=O) groups is 1. The molecule has 0 spiro atoms. The first-order valence-corrected chi connectivity index (χ1v) is 8.71. The molecule has 6 nitrogen and oxygen atoms in total. The summed E-state index contributed by atoms with van der Waals surface area (Å²) in [5.41, 5.74) is 1.16. The molecule has 2 saturated heterocycles. The van der Waals surface area contributed by atoms with Crippen molar-refractivity contribution < 1.29 is 9.53 Å². The molecule has 2 aliphatic rings. The van der Waals surface area contributed by atoms with E-state index in [1.54, 1.807) is 0 Å². The van der Waals surface area contributed by atoms with Crippen LogP contribution in [-0.4, -0.2) is 53.7 Å². The Bertz CT molecular complexity index is 523. The Morgan fingerprint density at radius 3 is 2.70 bits per heavy atom. The van der Waals surface area contributed by atoms with Crippen molar-refractivity contribution >= 4 is 6.03 Å². The smallest absolute Gasteiger partial charge is 0.317 e. The van der Waals surface area contributed by atoms with Gasteiger partial charge in [0.05, 0.1) is 0 Å². The van der Waals surface area contributed by atoms with Crippen LogP contribution in [0.4, 0.5) is 4.79 Å². The first-order chi connectivity index (χ1) is 11.3. The Labute approximate surface area is 137 Å². The zero-order valence-electron chi connectivity index (χ0n) is 13.8. The summed E-state index contributed by atoms with van der Waals surface area (Å²) >= 11 is 0. The lowest BCUT2D eigenvalue weighted by atomic mass is 9.94. The van der Waals surface area contributed by atoms with Gasteiger partial charge in [-0.15, -0.1) is 0 Å². The zero-order chi connectivity index (χ0) is 16.1. The van der Waals surface area contributed by atoms with Gasteiger partial charge in [-0.05, 0) is 38.7 Å². The number of hydrogen-bond donors (Lipinski definition) is 1. The fourth-order valence-electron chi connectivity index (χ4n) is 3.41. The lowest BCUT2D eigenvalue weighted by Crippen LogP contribution is -2.44. The van der Waals surface area contributed by atoms with Gasteiger partial charge >= 0.3 is 6.03 Å². The highest BCUT2D eigenvalue weighted by atomic mass is 16.5. The molecule has 2 amide bonds. The number of urea groups is 1. The predicted molar refractivity (Wildman–Crippen MR) is 87.4 cm³/mol. The number of nitrogens with one attached hydrogen (secondary N) is 1. The van der Waals surface area contributed by atoms with Crippen molar-refractivity contribution in [3.63, 3.8) is 0 Å². The van der Waals surface area contributed by atoms with E-state index >= 15 is 0 Å². The monoisotopic (exact) mass is 318 g/mol. The molecule has 23 heavy (non-hydrogen) atoms. The van der Waals surface area contributed by atoms with E-state index in [1.807, 2.05) is 24.1 Å². The molecule has 2 aliphatic heterocycles. The normalized spacial score (nSPS) is 20.5. The van der Waals surface area contributed by atoms with Crippen LogP contribution in [0.25, 0.3) is 0 Å². The van der Waals surface area contributed by atoms with E-state index in [9.17, 15) is 4.79 Å². The molecule has 0 aromatic carbocycles. The fourth-order valence-corrected chi connectivity index (χ4v) is 3.41. The van der Waals surface area contributed by atoms with Crippen molar-refractivity contribution in [2.75, 3.05) is 32.8 Å². The summed E-state index contributed by atoms with van der Waals surface area (Å²) < 4.78 is 5.44. The van der Waals surface area contributed by atoms with Crippen LogP contribution in [0.3, 0.4) is 0 Å². The second-order valence-corrected chi connectivity index (χ2v) is 6.32. The molecule has 3 rings (SSSR count). The van der Waals surface area contributed by atoms with E-state index < -0.39 is 0 Å². The van der Waals surface area contributed by atoms with Crippen LogP contribution < -0.4 is 5.32 Å². The van der Waals surface area contributed by atoms with Gasteiger partial charge in [-0.2, -0.15) is 0 Å². The Morgan fingerprint density at radius 2 is 2.00 bits per heavy atom. The molecular weight excluding hydrogens is 292 g/mol. The molecule has 0 atom stereocenters. The van der Waals surface area contributed by atoms with E-state index in [4.69, 9.17) is 9.72 Å². The molecule has 0 radical (unpaired) electrons. The predicted octanol–water partition coefficient (Wildman–Crippen LogP) is 2.28. The summed E-state index contributed by atoms with van der Waals surface area (Å²) in [6.07, 6.45) is 5.87. The minimum Gasteiger partial charge on any atom is -0.381 e. The summed E-state index contributed by atoms with van der Waals surface area (Å²) in [6, 6.07) is 2.09. The number of carbonyl (C=O) groups excluding carboxylic acids is 1. The second kappa shape index (κ2) is 7.73. The number of piperidine rings is 1. The second-order valence-electron chi connectivity index (χ2n) is 6.32. The van der Waals surface area contributed by atoms with Crippen LogP contribution in [0.5, 0.6) is 0 Å². The highest BCUT2D eigenvalue weighted by Gasteiger charge is 2.26. The number of likely N-dealkylation sites (tertiary alicyclic amines) is 1. The van der Waals surface area contributed by atoms with Crippen LogP contribution in [-0.2, 0) is 4.74 Å². The minimum absolute atomic E-state index is 0.0443. The van der Waals surface area contributed by atoms with Crippen molar-refractivity contribution in [2.45, 2.75) is 44.4 Å². The number of aromatic nitrogens is 2. The van der Waals surface area contributed by atoms with Gasteiger partial charge in [0.25, 0.3) is 0 Å². The van der Waals surface area contributed by atoms with E-state index in [-0.39, 0.29) is 6.03 Å². The number of rotatable bonds is 3. The molecule has 126 valence electrons. The maximum Gasteiger partial charge on any atom is 0.317 e. The minimum atomic E-state index is 0.0443. The molecule has 0 unspecified atom stereocenters. The molecule has 1 aromatic heterocycles. The number of hydrogen-bond acceptors (Lipinski definition) is 4. The molecule has 1 N–H and O–H groups in total. The average molecular weight is 318 g/mol. The zero-order valence-corrected chi connectivity index (χ0v) is 13.8. The third kappa shape index (κ3) is 3.99. The lowest BCUT2D eigenvalue weighted by Gasteiger charge is -2.31. The van der Waals surface area contributed by atoms with Gasteiger partial charge in [-0.1, -0.05) is 0 Å². The molecule has 6 heteroatoms. The van der Waals surface area contributed by atoms with Crippen molar-refractivity contribution in [2.24, 2.45) is 0 Å². The van der Waals surface area contributed by atoms with E-state index in [1.165, 1.54) is 0 Å². The Morgan fingerprint density at radius 1 is 1.26 bits per heavy atom. The summed E-state index contributed by atoms with van der Waals surface area (Å²) in [7, 11) is 0. The summed E-state index contributed by atoms with van der Waals surface area (Å²) in [5, 5.41) is 2.87. The molecule has 2 fully saturated rings. The third-order valence-electron chi connectivity index (χ3n) is 4.81.